The zero-order chi connectivity index (χ0) is 16.2. The Morgan fingerprint density at radius 3 is 2.43 bits per heavy atom. The van der Waals surface area contributed by atoms with Crippen LogP contribution >= 0.6 is 0 Å². The molecule has 3 rings (SSSR count). The minimum absolute atomic E-state index is 0.219. The van der Waals surface area contributed by atoms with Crippen LogP contribution in [0.3, 0.4) is 0 Å². The van der Waals surface area contributed by atoms with Crippen LogP contribution in [0.15, 0.2) is 54.6 Å². The SMILES string of the molecule is Cc1ccc(COC(=O)c2nnn(-c3ccccc3)c2C)cc1. The summed E-state index contributed by atoms with van der Waals surface area (Å²) >= 11 is 0. The Kier molecular flexibility index (Phi) is 4.19. The Balaban J connectivity index is 1.73. The highest BCUT2D eigenvalue weighted by Crippen LogP contribution is 2.13. The van der Waals surface area contributed by atoms with Gasteiger partial charge in [-0.3, -0.25) is 0 Å². The highest BCUT2D eigenvalue weighted by atomic mass is 16.5. The van der Waals surface area contributed by atoms with E-state index in [1.54, 1.807) is 11.6 Å². The second-order valence-corrected chi connectivity index (χ2v) is 5.33. The summed E-state index contributed by atoms with van der Waals surface area (Å²) in [6.45, 7) is 4.03. The summed E-state index contributed by atoms with van der Waals surface area (Å²) in [4.78, 5) is 12.2. The van der Waals surface area contributed by atoms with E-state index in [9.17, 15) is 4.79 Å². The first-order chi connectivity index (χ1) is 11.1. The molecule has 23 heavy (non-hydrogen) atoms. The quantitative estimate of drug-likeness (QED) is 0.694. The zero-order valence-electron chi connectivity index (χ0n) is 13.1. The average Bonchev–Trinajstić information content (AvgIpc) is 2.96. The number of nitrogens with zero attached hydrogens (tertiary/aromatic N) is 3. The Hall–Kier alpha value is -2.95. The van der Waals surface area contributed by atoms with Crippen molar-refractivity contribution in [2.75, 3.05) is 0 Å². The Bertz CT molecular complexity index is 808. The van der Waals surface area contributed by atoms with E-state index in [4.69, 9.17) is 4.74 Å². The van der Waals surface area contributed by atoms with Gasteiger partial charge in [0.05, 0.1) is 11.4 Å². The molecule has 0 N–H and O–H groups in total. The lowest BCUT2D eigenvalue weighted by atomic mass is 10.2. The van der Waals surface area contributed by atoms with Crippen LogP contribution in [0.4, 0.5) is 0 Å². The normalized spacial score (nSPS) is 10.5. The molecule has 5 heteroatoms. The third-order valence-electron chi connectivity index (χ3n) is 3.58. The van der Waals surface area contributed by atoms with Crippen molar-refractivity contribution in [1.82, 2.24) is 15.0 Å². The number of carbonyl (C=O) groups is 1. The van der Waals surface area contributed by atoms with Crippen LogP contribution in [0.1, 0.15) is 27.3 Å². The fraction of sp³-hybridized carbons (Fsp3) is 0.167. The summed E-state index contributed by atoms with van der Waals surface area (Å²) in [5.41, 5.74) is 3.86. The van der Waals surface area contributed by atoms with Gasteiger partial charge in [-0.15, -0.1) is 5.10 Å². The predicted molar refractivity (Wildman–Crippen MR) is 86.4 cm³/mol. The molecule has 0 saturated heterocycles. The van der Waals surface area contributed by atoms with E-state index in [1.807, 2.05) is 61.5 Å². The van der Waals surface area contributed by atoms with Crippen LogP contribution in [0, 0.1) is 13.8 Å². The van der Waals surface area contributed by atoms with Gasteiger partial charge in [0.15, 0.2) is 5.69 Å². The van der Waals surface area contributed by atoms with Gasteiger partial charge in [0.1, 0.15) is 6.61 Å². The number of carbonyl (C=O) groups excluding carboxylic acids is 1. The molecule has 0 unspecified atom stereocenters. The van der Waals surface area contributed by atoms with Crippen LogP contribution < -0.4 is 0 Å². The highest BCUT2D eigenvalue weighted by molar-refractivity contribution is 5.88. The van der Waals surface area contributed by atoms with Crippen molar-refractivity contribution in [1.29, 1.82) is 0 Å². The van der Waals surface area contributed by atoms with Gasteiger partial charge in [0.2, 0.25) is 0 Å². The van der Waals surface area contributed by atoms with Crippen molar-refractivity contribution in [2.24, 2.45) is 0 Å². The second-order valence-electron chi connectivity index (χ2n) is 5.33. The smallest absolute Gasteiger partial charge is 0.361 e. The number of ether oxygens (including phenoxy) is 1. The van der Waals surface area contributed by atoms with E-state index in [0.717, 1.165) is 11.3 Å². The fourth-order valence-corrected chi connectivity index (χ4v) is 2.23. The van der Waals surface area contributed by atoms with Crippen molar-refractivity contribution >= 4 is 5.97 Å². The van der Waals surface area contributed by atoms with Crippen molar-refractivity contribution in [3.63, 3.8) is 0 Å². The van der Waals surface area contributed by atoms with Gasteiger partial charge in [-0.2, -0.15) is 0 Å². The molecule has 0 aliphatic rings. The molecule has 0 aliphatic carbocycles. The summed E-state index contributed by atoms with van der Waals surface area (Å²) < 4.78 is 6.96. The molecule has 0 bridgehead atoms. The molecule has 0 fully saturated rings. The summed E-state index contributed by atoms with van der Waals surface area (Å²) in [5.74, 6) is -0.467. The van der Waals surface area contributed by atoms with Gasteiger partial charge >= 0.3 is 5.97 Å². The van der Waals surface area contributed by atoms with Gasteiger partial charge in [0.25, 0.3) is 0 Å². The fourth-order valence-electron chi connectivity index (χ4n) is 2.23. The van der Waals surface area contributed by atoms with E-state index in [-0.39, 0.29) is 12.3 Å². The molecular weight excluding hydrogens is 290 g/mol. The Morgan fingerprint density at radius 1 is 1.04 bits per heavy atom. The Morgan fingerprint density at radius 2 is 1.74 bits per heavy atom. The molecule has 0 aliphatic heterocycles. The monoisotopic (exact) mass is 307 g/mol. The van der Waals surface area contributed by atoms with Crippen LogP contribution in [0.5, 0.6) is 0 Å². The third kappa shape index (κ3) is 3.29. The van der Waals surface area contributed by atoms with Gasteiger partial charge in [0, 0.05) is 0 Å². The predicted octanol–water partition coefficient (Wildman–Crippen LogP) is 3.24. The largest absolute Gasteiger partial charge is 0.456 e. The lowest BCUT2D eigenvalue weighted by molar-refractivity contribution is 0.0464. The first-order valence-corrected chi connectivity index (χ1v) is 7.35. The van der Waals surface area contributed by atoms with Crippen molar-refractivity contribution in [2.45, 2.75) is 20.5 Å². The number of rotatable bonds is 4. The van der Waals surface area contributed by atoms with E-state index >= 15 is 0 Å². The van der Waals surface area contributed by atoms with Crippen LogP contribution in [-0.2, 0) is 11.3 Å². The number of hydrogen-bond acceptors (Lipinski definition) is 4. The molecule has 116 valence electrons. The molecular formula is C18H17N3O2. The summed E-state index contributed by atoms with van der Waals surface area (Å²) in [6.07, 6.45) is 0. The van der Waals surface area contributed by atoms with E-state index in [0.29, 0.717) is 5.69 Å². The first kappa shape index (κ1) is 15.0. The van der Waals surface area contributed by atoms with E-state index < -0.39 is 5.97 Å². The van der Waals surface area contributed by atoms with Crippen LogP contribution in [0.25, 0.3) is 5.69 Å². The molecule has 1 aromatic heterocycles. The van der Waals surface area contributed by atoms with Gasteiger partial charge in [-0.25, -0.2) is 9.48 Å². The maximum atomic E-state index is 12.2. The number of benzene rings is 2. The third-order valence-corrected chi connectivity index (χ3v) is 3.58. The number of esters is 1. The summed E-state index contributed by atoms with van der Waals surface area (Å²) in [7, 11) is 0. The molecule has 3 aromatic rings. The van der Waals surface area contributed by atoms with Crippen molar-refractivity contribution < 1.29 is 9.53 Å². The zero-order valence-corrected chi connectivity index (χ0v) is 13.1. The second kappa shape index (κ2) is 6.44. The minimum Gasteiger partial charge on any atom is -0.456 e. The topological polar surface area (TPSA) is 57.0 Å². The average molecular weight is 307 g/mol. The molecule has 2 aromatic carbocycles. The van der Waals surface area contributed by atoms with E-state index in [2.05, 4.69) is 10.3 Å². The molecule has 0 atom stereocenters. The first-order valence-electron chi connectivity index (χ1n) is 7.35. The molecule has 0 saturated carbocycles. The standard InChI is InChI=1S/C18H17N3O2/c1-13-8-10-15(11-9-13)12-23-18(22)17-14(2)21(20-19-17)16-6-4-3-5-7-16/h3-11H,12H2,1-2H3. The van der Waals surface area contributed by atoms with Crippen molar-refractivity contribution in [3.8, 4) is 5.69 Å². The molecule has 0 radical (unpaired) electrons. The number of hydrogen-bond donors (Lipinski definition) is 0. The highest BCUT2D eigenvalue weighted by Gasteiger charge is 2.18. The maximum absolute atomic E-state index is 12.2. The molecule has 5 nitrogen and oxygen atoms in total. The van der Waals surface area contributed by atoms with Crippen LogP contribution in [-0.4, -0.2) is 21.0 Å². The van der Waals surface area contributed by atoms with Gasteiger partial charge in [-0.05, 0) is 31.5 Å². The summed E-state index contributed by atoms with van der Waals surface area (Å²) in [5, 5.41) is 8.00. The minimum atomic E-state index is -0.467. The maximum Gasteiger partial charge on any atom is 0.361 e. The van der Waals surface area contributed by atoms with Gasteiger partial charge < -0.3 is 4.74 Å². The number of aromatic nitrogens is 3. The molecule has 1 heterocycles. The molecule has 0 spiro atoms. The Labute approximate surface area is 134 Å². The summed E-state index contributed by atoms with van der Waals surface area (Å²) in [6, 6.07) is 17.4. The number of para-hydroxylation sites is 1. The lowest BCUT2D eigenvalue weighted by Crippen LogP contribution is -2.08. The van der Waals surface area contributed by atoms with Crippen LogP contribution in [0.2, 0.25) is 0 Å². The van der Waals surface area contributed by atoms with Crippen molar-refractivity contribution in [3.05, 3.63) is 77.1 Å². The van der Waals surface area contributed by atoms with Gasteiger partial charge in [-0.1, -0.05) is 53.2 Å². The van der Waals surface area contributed by atoms with E-state index in [1.165, 1.54) is 5.56 Å². The molecule has 0 amide bonds. The number of aryl methyl sites for hydroxylation is 1. The lowest BCUT2D eigenvalue weighted by Gasteiger charge is -2.05.